The Morgan fingerprint density at radius 3 is 2.72 bits per heavy atom. The highest BCUT2D eigenvalue weighted by Crippen LogP contribution is 2.30. The van der Waals surface area contributed by atoms with E-state index in [1.165, 1.54) is 4.88 Å². The molecule has 2 rings (SSSR count). The van der Waals surface area contributed by atoms with Crippen LogP contribution in [-0.4, -0.2) is 7.05 Å². The number of hydrogen-bond acceptors (Lipinski definition) is 2. The Bertz CT molecular complexity index is 542. The summed E-state index contributed by atoms with van der Waals surface area (Å²) in [5.41, 5.74) is 1.06. The van der Waals surface area contributed by atoms with E-state index in [2.05, 4.69) is 32.7 Å². The van der Waals surface area contributed by atoms with Crippen LogP contribution in [0.3, 0.4) is 0 Å². The van der Waals surface area contributed by atoms with E-state index in [1.54, 1.807) is 11.3 Å². The Morgan fingerprint density at radius 1 is 1.33 bits per heavy atom. The SMILES string of the molecule is CNC(Cc1cc(Cl)ccc1Cl)c1cc(Br)cs1. The first kappa shape index (κ1) is 14.4. The summed E-state index contributed by atoms with van der Waals surface area (Å²) in [4.78, 5) is 1.28. The highest BCUT2D eigenvalue weighted by Gasteiger charge is 2.14. The first-order valence-electron chi connectivity index (χ1n) is 5.45. The summed E-state index contributed by atoms with van der Waals surface area (Å²) in [5.74, 6) is 0. The number of rotatable bonds is 4. The molecule has 1 aromatic carbocycles. The number of halogens is 3. The van der Waals surface area contributed by atoms with Gasteiger partial charge in [-0.05, 0) is 59.2 Å². The Balaban J connectivity index is 2.22. The molecule has 0 bridgehead atoms. The van der Waals surface area contributed by atoms with Gasteiger partial charge in [-0.3, -0.25) is 0 Å². The van der Waals surface area contributed by atoms with Crippen LogP contribution < -0.4 is 5.32 Å². The molecule has 0 fully saturated rings. The summed E-state index contributed by atoms with van der Waals surface area (Å²) in [5, 5.41) is 6.88. The van der Waals surface area contributed by atoms with E-state index in [0.717, 1.165) is 26.5 Å². The van der Waals surface area contributed by atoms with Crippen molar-refractivity contribution in [3.05, 3.63) is 54.6 Å². The van der Waals surface area contributed by atoms with E-state index >= 15 is 0 Å². The molecule has 0 spiro atoms. The molecule has 2 aromatic rings. The second kappa shape index (κ2) is 6.40. The summed E-state index contributed by atoms with van der Waals surface area (Å²) >= 11 is 17.4. The maximum absolute atomic E-state index is 6.20. The van der Waals surface area contributed by atoms with Gasteiger partial charge in [-0.25, -0.2) is 0 Å². The molecule has 18 heavy (non-hydrogen) atoms. The molecule has 0 saturated carbocycles. The Morgan fingerprint density at radius 2 is 2.11 bits per heavy atom. The molecule has 0 amide bonds. The monoisotopic (exact) mass is 363 g/mol. The molecule has 0 saturated heterocycles. The van der Waals surface area contributed by atoms with Crippen molar-refractivity contribution in [3.63, 3.8) is 0 Å². The minimum Gasteiger partial charge on any atom is -0.312 e. The second-order valence-corrected chi connectivity index (χ2v) is 6.65. The van der Waals surface area contributed by atoms with Crippen molar-refractivity contribution in [1.29, 1.82) is 0 Å². The second-order valence-electron chi connectivity index (χ2n) is 3.95. The molecule has 1 aromatic heterocycles. The van der Waals surface area contributed by atoms with Crippen LogP contribution in [0.25, 0.3) is 0 Å². The highest BCUT2D eigenvalue weighted by molar-refractivity contribution is 9.10. The van der Waals surface area contributed by atoms with Crippen LogP contribution in [0.5, 0.6) is 0 Å². The van der Waals surface area contributed by atoms with Gasteiger partial charge in [-0.15, -0.1) is 11.3 Å². The highest BCUT2D eigenvalue weighted by atomic mass is 79.9. The van der Waals surface area contributed by atoms with Gasteiger partial charge in [0.2, 0.25) is 0 Å². The standard InChI is InChI=1S/C13H12BrCl2NS/c1-17-12(13-6-9(14)7-18-13)5-8-4-10(15)2-3-11(8)16/h2-4,6-7,12,17H,5H2,1H3. The van der Waals surface area contributed by atoms with Crippen LogP contribution in [0.4, 0.5) is 0 Å². The van der Waals surface area contributed by atoms with E-state index in [0.29, 0.717) is 0 Å². The third kappa shape index (κ3) is 3.49. The van der Waals surface area contributed by atoms with E-state index in [4.69, 9.17) is 23.2 Å². The normalized spacial score (nSPS) is 12.7. The molecule has 1 atom stereocenters. The minimum atomic E-state index is 0.247. The molecular weight excluding hydrogens is 353 g/mol. The zero-order valence-corrected chi connectivity index (χ0v) is 13.6. The summed E-state index contributed by atoms with van der Waals surface area (Å²) in [6, 6.07) is 7.96. The van der Waals surface area contributed by atoms with E-state index in [9.17, 15) is 0 Å². The van der Waals surface area contributed by atoms with Gasteiger partial charge in [0.1, 0.15) is 0 Å². The van der Waals surface area contributed by atoms with Gasteiger partial charge in [0.25, 0.3) is 0 Å². The average Bonchev–Trinajstić information content (AvgIpc) is 2.77. The van der Waals surface area contributed by atoms with Gasteiger partial charge in [0, 0.05) is 30.8 Å². The number of hydrogen-bond donors (Lipinski definition) is 1. The van der Waals surface area contributed by atoms with Crippen molar-refractivity contribution < 1.29 is 0 Å². The molecule has 1 N–H and O–H groups in total. The first-order chi connectivity index (χ1) is 8.60. The lowest BCUT2D eigenvalue weighted by Crippen LogP contribution is -2.17. The van der Waals surface area contributed by atoms with Crippen molar-refractivity contribution in [3.8, 4) is 0 Å². The van der Waals surface area contributed by atoms with Crippen LogP contribution >= 0.6 is 50.5 Å². The van der Waals surface area contributed by atoms with Crippen LogP contribution in [0.1, 0.15) is 16.5 Å². The number of likely N-dealkylation sites (N-methyl/N-ethyl adjacent to an activating group) is 1. The fraction of sp³-hybridized carbons (Fsp3) is 0.231. The largest absolute Gasteiger partial charge is 0.312 e. The molecule has 1 nitrogen and oxygen atoms in total. The molecule has 1 unspecified atom stereocenters. The van der Waals surface area contributed by atoms with Crippen molar-refractivity contribution in [2.24, 2.45) is 0 Å². The average molecular weight is 365 g/mol. The third-order valence-corrected chi connectivity index (χ3v) is 5.12. The van der Waals surface area contributed by atoms with Crippen LogP contribution in [0.15, 0.2) is 34.1 Å². The minimum absolute atomic E-state index is 0.247. The molecular formula is C13H12BrCl2NS. The first-order valence-corrected chi connectivity index (χ1v) is 7.88. The topological polar surface area (TPSA) is 12.0 Å². The van der Waals surface area contributed by atoms with Crippen LogP contribution in [0.2, 0.25) is 10.0 Å². The van der Waals surface area contributed by atoms with E-state index in [-0.39, 0.29) is 6.04 Å². The molecule has 0 aliphatic carbocycles. The maximum Gasteiger partial charge on any atom is 0.0454 e. The quantitative estimate of drug-likeness (QED) is 0.773. The summed E-state index contributed by atoms with van der Waals surface area (Å²) in [6.07, 6.45) is 0.822. The smallest absolute Gasteiger partial charge is 0.0454 e. The van der Waals surface area contributed by atoms with Crippen molar-refractivity contribution >= 4 is 50.5 Å². The lowest BCUT2D eigenvalue weighted by atomic mass is 10.0. The predicted molar refractivity (Wildman–Crippen MR) is 84.0 cm³/mol. The Kier molecular flexibility index (Phi) is 5.10. The lowest BCUT2D eigenvalue weighted by Gasteiger charge is -2.15. The summed E-state index contributed by atoms with van der Waals surface area (Å²) < 4.78 is 1.11. The Labute approximate surface area is 129 Å². The number of nitrogens with one attached hydrogen (secondary N) is 1. The van der Waals surface area contributed by atoms with E-state index in [1.807, 2.05) is 25.2 Å². The molecule has 5 heteroatoms. The fourth-order valence-corrected chi connectivity index (χ4v) is 3.72. The number of thiophene rings is 1. The number of benzene rings is 1. The zero-order chi connectivity index (χ0) is 13.1. The van der Waals surface area contributed by atoms with Crippen molar-refractivity contribution in [2.45, 2.75) is 12.5 Å². The van der Waals surface area contributed by atoms with Gasteiger partial charge in [-0.1, -0.05) is 23.2 Å². The zero-order valence-electron chi connectivity index (χ0n) is 9.71. The molecule has 1 heterocycles. The van der Waals surface area contributed by atoms with Crippen LogP contribution in [-0.2, 0) is 6.42 Å². The third-order valence-electron chi connectivity index (χ3n) is 2.71. The van der Waals surface area contributed by atoms with Gasteiger partial charge >= 0.3 is 0 Å². The van der Waals surface area contributed by atoms with Gasteiger partial charge in [-0.2, -0.15) is 0 Å². The lowest BCUT2D eigenvalue weighted by molar-refractivity contribution is 0.602. The molecule has 96 valence electrons. The maximum atomic E-state index is 6.20. The van der Waals surface area contributed by atoms with Crippen molar-refractivity contribution in [1.82, 2.24) is 5.32 Å². The van der Waals surface area contributed by atoms with Gasteiger partial charge in [0.05, 0.1) is 0 Å². The Hall–Kier alpha value is -0.0600. The van der Waals surface area contributed by atoms with Crippen molar-refractivity contribution in [2.75, 3.05) is 7.05 Å². The fourth-order valence-electron chi connectivity index (χ4n) is 1.78. The van der Waals surface area contributed by atoms with E-state index < -0.39 is 0 Å². The van der Waals surface area contributed by atoms with Gasteiger partial charge in [0.15, 0.2) is 0 Å². The molecule has 0 aliphatic heterocycles. The molecule has 0 aliphatic rings. The van der Waals surface area contributed by atoms with Crippen LogP contribution in [0, 0.1) is 0 Å². The van der Waals surface area contributed by atoms with Gasteiger partial charge < -0.3 is 5.32 Å². The predicted octanol–water partition coefficient (Wildman–Crippen LogP) is 5.32. The summed E-state index contributed by atoms with van der Waals surface area (Å²) in [7, 11) is 1.96. The molecule has 0 radical (unpaired) electrons. The summed E-state index contributed by atoms with van der Waals surface area (Å²) in [6.45, 7) is 0.